The molecule has 1 aromatic rings. The normalized spacial score (nSPS) is 9.64. The lowest BCUT2D eigenvalue weighted by atomic mass is 10.5. The van der Waals surface area contributed by atoms with E-state index in [1.807, 2.05) is 0 Å². The maximum atomic E-state index is 10.9. The summed E-state index contributed by atoms with van der Waals surface area (Å²) in [5, 5.41) is 5.42. The number of anilines is 1. The van der Waals surface area contributed by atoms with Crippen LogP contribution in [0.25, 0.3) is 0 Å². The Hall–Kier alpha value is -0.880. The third kappa shape index (κ3) is 3.12. The van der Waals surface area contributed by atoms with Crippen LogP contribution >= 0.6 is 27.5 Å². The second kappa shape index (κ2) is 5.11. The zero-order valence-corrected chi connectivity index (χ0v) is 9.68. The molecular weight excluding hydrogens is 271 g/mol. The van der Waals surface area contributed by atoms with Crippen LogP contribution in [-0.4, -0.2) is 29.5 Å². The van der Waals surface area contributed by atoms with Crippen molar-refractivity contribution in [2.45, 2.75) is 0 Å². The summed E-state index contributed by atoms with van der Waals surface area (Å²) < 4.78 is 0.658. The molecule has 0 unspecified atom stereocenters. The van der Waals surface area contributed by atoms with Crippen molar-refractivity contribution in [3.63, 3.8) is 0 Å². The molecule has 1 heterocycles. The van der Waals surface area contributed by atoms with Crippen molar-refractivity contribution >= 4 is 39.3 Å². The van der Waals surface area contributed by atoms with Crippen LogP contribution < -0.4 is 10.6 Å². The Kier molecular flexibility index (Phi) is 4.09. The van der Waals surface area contributed by atoms with Crippen LogP contribution in [0.1, 0.15) is 0 Å². The second-order valence-corrected chi connectivity index (χ2v) is 3.55. The molecule has 0 saturated carbocycles. The molecule has 0 aliphatic rings. The fourth-order valence-electron chi connectivity index (χ4n) is 0.722. The van der Waals surface area contributed by atoms with E-state index in [-0.39, 0.29) is 17.7 Å². The smallest absolute Gasteiger partial charge is 0.239 e. The fraction of sp³-hybridized carbons (Fsp3) is 0.286. The number of likely N-dealkylation sites (N-methyl/N-ethyl adjacent to an activating group) is 1. The Labute approximate surface area is 94.4 Å². The highest BCUT2D eigenvalue weighted by Crippen LogP contribution is 2.19. The lowest BCUT2D eigenvalue weighted by Crippen LogP contribution is -2.26. The Balaban J connectivity index is 2.66. The Morgan fingerprint density at radius 3 is 3.07 bits per heavy atom. The van der Waals surface area contributed by atoms with Gasteiger partial charge in [0.25, 0.3) is 0 Å². The first-order valence-corrected chi connectivity index (χ1v) is 4.93. The average molecular weight is 280 g/mol. The number of aromatic nitrogens is 2. The van der Waals surface area contributed by atoms with Gasteiger partial charge in [-0.2, -0.15) is 4.98 Å². The summed E-state index contributed by atoms with van der Waals surface area (Å²) in [6, 6.07) is 0. The molecule has 0 aliphatic heterocycles. The molecular formula is C7H8BrClN4O. The van der Waals surface area contributed by atoms with Gasteiger partial charge in [-0.25, -0.2) is 4.98 Å². The first-order valence-electron chi connectivity index (χ1n) is 3.76. The van der Waals surface area contributed by atoms with Crippen molar-refractivity contribution in [2.75, 3.05) is 18.9 Å². The van der Waals surface area contributed by atoms with Gasteiger partial charge in [-0.15, -0.1) is 0 Å². The molecule has 1 aromatic heterocycles. The van der Waals surface area contributed by atoms with Crippen molar-refractivity contribution in [1.29, 1.82) is 0 Å². The molecule has 14 heavy (non-hydrogen) atoms. The molecule has 0 aliphatic carbocycles. The molecule has 2 N–H and O–H groups in total. The molecule has 0 saturated heterocycles. The van der Waals surface area contributed by atoms with E-state index >= 15 is 0 Å². The van der Waals surface area contributed by atoms with Crippen molar-refractivity contribution in [3.8, 4) is 0 Å². The molecule has 0 aromatic carbocycles. The van der Waals surface area contributed by atoms with Gasteiger partial charge >= 0.3 is 0 Å². The van der Waals surface area contributed by atoms with Crippen molar-refractivity contribution in [1.82, 2.24) is 15.3 Å². The molecule has 0 atom stereocenters. The summed E-state index contributed by atoms with van der Waals surface area (Å²) in [7, 11) is 1.56. The zero-order valence-electron chi connectivity index (χ0n) is 7.34. The number of hydrogen-bond acceptors (Lipinski definition) is 4. The predicted octanol–water partition coefficient (Wildman–Crippen LogP) is 1.05. The lowest BCUT2D eigenvalue weighted by molar-refractivity contribution is -0.118. The number of hydrogen-bond donors (Lipinski definition) is 2. The first-order chi connectivity index (χ1) is 6.63. The third-order valence-corrected chi connectivity index (χ3v) is 2.17. The molecule has 7 heteroatoms. The van der Waals surface area contributed by atoms with E-state index in [0.717, 1.165) is 0 Å². The van der Waals surface area contributed by atoms with E-state index < -0.39 is 0 Å². The minimum Gasteiger partial charge on any atom is -0.360 e. The molecule has 0 radical (unpaired) electrons. The Morgan fingerprint density at radius 1 is 1.71 bits per heavy atom. The van der Waals surface area contributed by atoms with Gasteiger partial charge in [0.15, 0.2) is 0 Å². The highest BCUT2D eigenvalue weighted by atomic mass is 79.9. The average Bonchev–Trinajstić information content (AvgIpc) is 2.19. The van der Waals surface area contributed by atoms with E-state index in [2.05, 4.69) is 36.5 Å². The molecule has 0 spiro atoms. The molecule has 1 amide bonds. The Morgan fingerprint density at radius 2 is 2.43 bits per heavy atom. The fourth-order valence-corrected chi connectivity index (χ4v) is 1.19. The number of carbonyl (C=O) groups is 1. The number of amides is 1. The standard InChI is InChI=1S/C7H8BrClN4O/c1-10-5(14)3-11-6-4(8)2-12-7(9)13-6/h2H,3H2,1H3,(H,10,14)(H,11,12,13). The van der Waals surface area contributed by atoms with Crippen LogP contribution in [0, 0.1) is 0 Å². The van der Waals surface area contributed by atoms with Gasteiger partial charge in [-0.3, -0.25) is 4.79 Å². The zero-order chi connectivity index (χ0) is 10.6. The van der Waals surface area contributed by atoms with Crippen LogP contribution in [0.2, 0.25) is 5.28 Å². The molecule has 5 nitrogen and oxygen atoms in total. The van der Waals surface area contributed by atoms with Gasteiger partial charge in [-0.05, 0) is 27.5 Å². The maximum absolute atomic E-state index is 10.9. The van der Waals surface area contributed by atoms with E-state index in [4.69, 9.17) is 11.6 Å². The summed E-state index contributed by atoms with van der Waals surface area (Å²) in [6.45, 7) is 0.141. The molecule has 76 valence electrons. The van der Waals surface area contributed by atoms with E-state index in [0.29, 0.717) is 10.3 Å². The van der Waals surface area contributed by atoms with Gasteiger partial charge in [0.05, 0.1) is 11.0 Å². The van der Waals surface area contributed by atoms with Gasteiger partial charge in [0.1, 0.15) is 5.82 Å². The second-order valence-electron chi connectivity index (χ2n) is 2.36. The minimum atomic E-state index is -0.133. The van der Waals surface area contributed by atoms with Crippen molar-refractivity contribution in [2.24, 2.45) is 0 Å². The number of halogens is 2. The maximum Gasteiger partial charge on any atom is 0.239 e. The number of nitrogens with one attached hydrogen (secondary N) is 2. The molecule has 0 bridgehead atoms. The predicted molar refractivity (Wildman–Crippen MR) is 57.3 cm³/mol. The molecule has 0 fully saturated rings. The van der Waals surface area contributed by atoms with Crippen molar-refractivity contribution in [3.05, 3.63) is 16.0 Å². The minimum absolute atomic E-state index is 0.132. The largest absolute Gasteiger partial charge is 0.360 e. The number of carbonyl (C=O) groups excluding carboxylic acids is 1. The summed E-state index contributed by atoms with van der Waals surface area (Å²) >= 11 is 8.81. The quantitative estimate of drug-likeness (QED) is 0.812. The highest BCUT2D eigenvalue weighted by Gasteiger charge is 2.04. The third-order valence-electron chi connectivity index (χ3n) is 1.41. The van der Waals surface area contributed by atoms with Crippen LogP contribution in [0.4, 0.5) is 5.82 Å². The van der Waals surface area contributed by atoms with E-state index in [1.54, 1.807) is 7.05 Å². The SMILES string of the molecule is CNC(=O)CNc1nc(Cl)ncc1Br. The van der Waals surface area contributed by atoms with Crippen LogP contribution in [0.3, 0.4) is 0 Å². The van der Waals surface area contributed by atoms with Crippen LogP contribution in [-0.2, 0) is 4.79 Å². The van der Waals surface area contributed by atoms with Gasteiger partial charge in [-0.1, -0.05) is 0 Å². The van der Waals surface area contributed by atoms with E-state index in [1.165, 1.54) is 6.20 Å². The number of nitrogens with zero attached hydrogens (tertiary/aromatic N) is 2. The summed E-state index contributed by atoms with van der Waals surface area (Å²) in [5.74, 6) is 0.361. The van der Waals surface area contributed by atoms with Crippen LogP contribution in [0.5, 0.6) is 0 Å². The summed E-state index contributed by atoms with van der Waals surface area (Å²) in [4.78, 5) is 18.6. The first kappa shape index (κ1) is 11.2. The lowest BCUT2D eigenvalue weighted by Gasteiger charge is -2.05. The monoisotopic (exact) mass is 278 g/mol. The van der Waals surface area contributed by atoms with Crippen molar-refractivity contribution < 1.29 is 4.79 Å². The number of rotatable bonds is 3. The highest BCUT2D eigenvalue weighted by molar-refractivity contribution is 9.10. The summed E-state index contributed by atoms with van der Waals surface area (Å²) in [6.07, 6.45) is 1.52. The topological polar surface area (TPSA) is 66.9 Å². The van der Waals surface area contributed by atoms with Gasteiger partial charge < -0.3 is 10.6 Å². The van der Waals surface area contributed by atoms with E-state index in [9.17, 15) is 4.79 Å². The summed E-state index contributed by atoms with van der Waals surface area (Å²) in [5.41, 5.74) is 0. The van der Waals surface area contributed by atoms with Gasteiger partial charge in [0.2, 0.25) is 11.2 Å². The molecule has 1 rings (SSSR count). The van der Waals surface area contributed by atoms with Gasteiger partial charge in [0, 0.05) is 13.2 Å². The van der Waals surface area contributed by atoms with Crippen LogP contribution in [0.15, 0.2) is 10.7 Å². The Bertz CT molecular complexity index is 346.